The van der Waals surface area contributed by atoms with Crippen LogP contribution < -0.4 is 10.4 Å². The first-order chi connectivity index (χ1) is 12.6. The van der Waals surface area contributed by atoms with E-state index in [0.29, 0.717) is 0 Å². The summed E-state index contributed by atoms with van der Waals surface area (Å²) < 4.78 is 6.10. The Hall–Kier alpha value is -2.84. The normalized spacial score (nSPS) is 14.8. The third kappa shape index (κ3) is 1.65. The molecular formula is C24H18OSi. The van der Waals surface area contributed by atoms with E-state index in [2.05, 4.69) is 79.8 Å². The molecule has 0 amide bonds. The summed E-state index contributed by atoms with van der Waals surface area (Å²) in [5, 5.41) is 8.17. The maximum absolute atomic E-state index is 6.10. The summed E-state index contributed by atoms with van der Waals surface area (Å²) in [5.74, 6) is 0. The first-order valence-electron chi connectivity index (χ1n) is 9.13. The molecule has 0 saturated heterocycles. The number of para-hydroxylation sites is 1. The molecule has 124 valence electrons. The van der Waals surface area contributed by atoms with E-state index in [1.165, 1.54) is 32.7 Å². The highest BCUT2D eigenvalue weighted by Gasteiger charge is 2.37. The van der Waals surface area contributed by atoms with Crippen LogP contribution in [0.1, 0.15) is 0 Å². The van der Waals surface area contributed by atoms with E-state index in [0.717, 1.165) is 11.2 Å². The molecule has 0 aliphatic carbocycles. The van der Waals surface area contributed by atoms with Crippen molar-refractivity contribution in [1.82, 2.24) is 0 Å². The SMILES string of the molecule is C[Si]1(C)c2ccccc2-c2cc3c(ccc4oc5ccccc5c43)cc21. The van der Waals surface area contributed by atoms with Crippen molar-refractivity contribution in [2.24, 2.45) is 0 Å². The van der Waals surface area contributed by atoms with Gasteiger partial charge in [0.15, 0.2) is 0 Å². The minimum Gasteiger partial charge on any atom is -0.456 e. The van der Waals surface area contributed by atoms with Gasteiger partial charge < -0.3 is 4.42 Å². The van der Waals surface area contributed by atoms with Crippen LogP contribution in [0.4, 0.5) is 0 Å². The first-order valence-corrected chi connectivity index (χ1v) is 12.1. The zero-order chi connectivity index (χ0) is 17.5. The standard InChI is InChI=1S/C24H18OSi/c1-26(2)22-10-6-4-7-16(22)19-14-18-15(13-23(19)26)11-12-21-24(18)17-8-3-5-9-20(17)25-21/h3-14H,1-2H3. The molecule has 0 N–H and O–H groups in total. The Balaban J connectivity index is 1.81. The van der Waals surface area contributed by atoms with Crippen LogP contribution in [0.3, 0.4) is 0 Å². The lowest BCUT2D eigenvalue weighted by atomic mass is 9.98. The molecule has 2 heteroatoms. The Bertz CT molecular complexity index is 1360. The lowest BCUT2D eigenvalue weighted by Gasteiger charge is -2.19. The Kier molecular flexibility index (Phi) is 2.57. The van der Waals surface area contributed by atoms with Crippen LogP contribution in [0.5, 0.6) is 0 Å². The van der Waals surface area contributed by atoms with Crippen molar-refractivity contribution >= 4 is 51.2 Å². The van der Waals surface area contributed by atoms with Crippen LogP contribution in [-0.4, -0.2) is 8.07 Å². The van der Waals surface area contributed by atoms with Crippen LogP contribution in [0.15, 0.2) is 77.2 Å². The van der Waals surface area contributed by atoms with Crippen LogP contribution in [0.25, 0.3) is 43.8 Å². The summed E-state index contributed by atoms with van der Waals surface area (Å²) in [6.45, 7) is 4.94. The summed E-state index contributed by atoms with van der Waals surface area (Å²) in [6, 6.07) is 26.5. The molecule has 0 radical (unpaired) electrons. The maximum Gasteiger partial charge on any atom is 0.136 e. The predicted molar refractivity (Wildman–Crippen MR) is 113 cm³/mol. The summed E-state index contributed by atoms with van der Waals surface area (Å²) >= 11 is 0. The zero-order valence-corrected chi connectivity index (χ0v) is 15.8. The summed E-state index contributed by atoms with van der Waals surface area (Å²) in [6.07, 6.45) is 0. The number of rotatable bonds is 0. The Labute approximate surface area is 152 Å². The number of benzene rings is 4. The topological polar surface area (TPSA) is 13.1 Å². The third-order valence-corrected chi connectivity index (χ3v) is 9.60. The second kappa shape index (κ2) is 4.66. The second-order valence-electron chi connectivity index (χ2n) is 7.83. The van der Waals surface area contributed by atoms with E-state index in [1.807, 2.05) is 6.07 Å². The van der Waals surface area contributed by atoms with Crippen molar-refractivity contribution < 1.29 is 4.42 Å². The number of fused-ring (bicyclic) bond motifs is 8. The molecule has 1 aliphatic heterocycles. The van der Waals surface area contributed by atoms with E-state index in [4.69, 9.17) is 4.42 Å². The molecule has 2 heterocycles. The second-order valence-corrected chi connectivity index (χ2v) is 12.2. The minimum absolute atomic E-state index is 0.964. The van der Waals surface area contributed by atoms with Gasteiger partial charge in [0.2, 0.25) is 0 Å². The van der Waals surface area contributed by atoms with Gasteiger partial charge in [0.05, 0.1) is 0 Å². The first kappa shape index (κ1) is 14.3. The van der Waals surface area contributed by atoms with Gasteiger partial charge in [-0.05, 0) is 50.5 Å². The van der Waals surface area contributed by atoms with Crippen LogP contribution >= 0.6 is 0 Å². The highest BCUT2D eigenvalue weighted by molar-refractivity contribution is 7.04. The van der Waals surface area contributed by atoms with Gasteiger partial charge in [0.25, 0.3) is 0 Å². The molecule has 1 nitrogen and oxygen atoms in total. The Morgan fingerprint density at radius 2 is 1.46 bits per heavy atom. The number of hydrogen-bond donors (Lipinski definition) is 0. The highest BCUT2D eigenvalue weighted by Crippen LogP contribution is 2.38. The molecule has 0 spiro atoms. The van der Waals surface area contributed by atoms with Crippen molar-refractivity contribution in [1.29, 1.82) is 0 Å². The fraction of sp³-hybridized carbons (Fsp3) is 0.0833. The van der Waals surface area contributed by atoms with Crippen LogP contribution in [0, 0.1) is 0 Å². The monoisotopic (exact) mass is 350 g/mol. The molecule has 0 bridgehead atoms. The van der Waals surface area contributed by atoms with E-state index >= 15 is 0 Å². The maximum atomic E-state index is 6.10. The Morgan fingerprint density at radius 1 is 0.654 bits per heavy atom. The lowest BCUT2D eigenvalue weighted by molar-refractivity contribution is 0.669. The molecule has 4 aromatic carbocycles. The van der Waals surface area contributed by atoms with Gasteiger partial charge in [-0.25, -0.2) is 0 Å². The summed E-state index contributed by atoms with van der Waals surface area (Å²) in [5.41, 5.74) is 4.78. The molecule has 0 unspecified atom stereocenters. The van der Waals surface area contributed by atoms with E-state index in [9.17, 15) is 0 Å². The van der Waals surface area contributed by atoms with E-state index in [-0.39, 0.29) is 0 Å². The number of furan rings is 1. The van der Waals surface area contributed by atoms with Crippen molar-refractivity contribution in [2.45, 2.75) is 13.1 Å². The highest BCUT2D eigenvalue weighted by atomic mass is 28.3. The molecule has 26 heavy (non-hydrogen) atoms. The van der Waals surface area contributed by atoms with Gasteiger partial charge in [-0.2, -0.15) is 0 Å². The van der Waals surface area contributed by atoms with Gasteiger partial charge in [0.1, 0.15) is 19.2 Å². The molecule has 6 rings (SSSR count). The average molecular weight is 350 g/mol. The van der Waals surface area contributed by atoms with E-state index < -0.39 is 8.07 Å². The van der Waals surface area contributed by atoms with Crippen LogP contribution in [0.2, 0.25) is 13.1 Å². The van der Waals surface area contributed by atoms with Crippen LogP contribution in [-0.2, 0) is 0 Å². The van der Waals surface area contributed by atoms with Gasteiger partial charge >= 0.3 is 0 Å². The predicted octanol–water partition coefficient (Wildman–Crippen LogP) is 5.54. The summed E-state index contributed by atoms with van der Waals surface area (Å²) in [4.78, 5) is 0. The average Bonchev–Trinajstić information content (AvgIpc) is 3.15. The smallest absolute Gasteiger partial charge is 0.136 e. The molecule has 0 fully saturated rings. The van der Waals surface area contributed by atoms with Crippen molar-refractivity contribution in [2.75, 3.05) is 0 Å². The molecule has 5 aromatic rings. The zero-order valence-electron chi connectivity index (χ0n) is 14.8. The van der Waals surface area contributed by atoms with Crippen molar-refractivity contribution in [3.05, 3.63) is 72.8 Å². The quantitative estimate of drug-likeness (QED) is 0.334. The molecule has 1 aliphatic rings. The largest absolute Gasteiger partial charge is 0.456 e. The third-order valence-electron chi connectivity index (χ3n) is 6.06. The molecular weight excluding hydrogens is 332 g/mol. The van der Waals surface area contributed by atoms with Gasteiger partial charge in [-0.1, -0.05) is 67.7 Å². The van der Waals surface area contributed by atoms with Gasteiger partial charge in [-0.15, -0.1) is 0 Å². The van der Waals surface area contributed by atoms with Crippen molar-refractivity contribution in [3.63, 3.8) is 0 Å². The molecule has 0 atom stereocenters. The number of hydrogen-bond acceptors (Lipinski definition) is 1. The fourth-order valence-electron chi connectivity index (χ4n) is 4.74. The fourth-order valence-corrected chi connectivity index (χ4v) is 7.83. The Morgan fingerprint density at radius 3 is 2.38 bits per heavy atom. The summed E-state index contributed by atoms with van der Waals surface area (Å²) in [7, 11) is -1.63. The molecule has 0 saturated carbocycles. The molecule has 1 aromatic heterocycles. The van der Waals surface area contributed by atoms with Crippen molar-refractivity contribution in [3.8, 4) is 11.1 Å². The van der Waals surface area contributed by atoms with Gasteiger partial charge in [-0.3, -0.25) is 0 Å². The minimum atomic E-state index is -1.63. The van der Waals surface area contributed by atoms with Gasteiger partial charge in [0, 0.05) is 10.8 Å². The lowest BCUT2D eigenvalue weighted by Crippen LogP contribution is -2.49. The van der Waals surface area contributed by atoms with E-state index in [1.54, 1.807) is 10.4 Å².